The Labute approximate surface area is 181 Å². The highest BCUT2D eigenvalue weighted by Gasteiger charge is 2.40. The molecule has 7 nitrogen and oxygen atoms in total. The van der Waals surface area contributed by atoms with Gasteiger partial charge in [0, 0.05) is 24.0 Å². The van der Waals surface area contributed by atoms with E-state index in [1.807, 2.05) is 54.6 Å². The monoisotopic (exact) mass is 469 g/mol. The summed E-state index contributed by atoms with van der Waals surface area (Å²) in [5.41, 5.74) is 1.02. The van der Waals surface area contributed by atoms with E-state index in [9.17, 15) is 14.7 Å². The molecule has 154 valence electrons. The van der Waals surface area contributed by atoms with Crippen LogP contribution in [0.3, 0.4) is 0 Å². The summed E-state index contributed by atoms with van der Waals surface area (Å²) in [6.45, 7) is 0.340. The van der Waals surface area contributed by atoms with E-state index in [1.165, 1.54) is 12.0 Å². The molecule has 3 aromatic rings. The number of rotatable bonds is 4. The number of ether oxygens (including phenoxy) is 1. The van der Waals surface area contributed by atoms with Crippen LogP contribution in [0.15, 0.2) is 63.9 Å². The molecule has 8 heteroatoms. The van der Waals surface area contributed by atoms with E-state index >= 15 is 0 Å². The number of carbonyl (C=O) groups is 1. The van der Waals surface area contributed by atoms with E-state index in [-0.39, 0.29) is 23.7 Å². The number of nitrogens with zero attached hydrogens (tertiary/aromatic N) is 3. The highest BCUT2D eigenvalue weighted by Crippen LogP contribution is 2.43. The van der Waals surface area contributed by atoms with Crippen LogP contribution in [-0.4, -0.2) is 46.2 Å². The number of amides is 1. The van der Waals surface area contributed by atoms with Crippen LogP contribution in [0.4, 0.5) is 0 Å². The molecule has 0 saturated heterocycles. The van der Waals surface area contributed by atoms with Crippen molar-refractivity contribution >= 4 is 21.8 Å². The third-order valence-corrected chi connectivity index (χ3v) is 6.10. The second-order valence-corrected chi connectivity index (χ2v) is 7.99. The van der Waals surface area contributed by atoms with Gasteiger partial charge in [-0.15, -0.1) is 0 Å². The van der Waals surface area contributed by atoms with Crippen LogP contribution in [0.2, 0.25) is 0 Å². The third-order valence-electron chi connectivity index (χ3n) is 5.38. The maximum atomic E-state index is 12.9. The number of aromatic hydroxyl groups is 1. The summed E-state index contributed by atoms with van der Waals surface area (Å²) in [4.78, 5) is 30.4. The molecule has 0 aliphatic carbocycles. The molecule has 2 unspecified atom stereocenters. The summed E-state index contributed by atoms with van der Waals surface area (Å²) < 4.78 is 7.84. The second-order valence-electron chi connectivity index (χ2n) is 7.13. The first kappa shape index (κ1) is 20.2. The Hall–Kier alpha value is -3.13. The Balaban J connectivity index is 2.03. The summed E-state index contributed by atoms with van der Waals surface area (Å²) in [5, 5.41) is 10.4. The van der Waals surface area contributed by atoms with Crippen molar-refractivity contribution in [2.75, 3.05) is 20.7 Å². The summed E-state index contributed by atoms with van der Waals surface area (Å²) in [7, 11) is 3.04. The molecule has 1 aromatic heterocycles. The lowest BCUT2D eigenvalue weighted by atomic mass is 9.83. The number of likely N-dealkylation sites (N-methyl/N-ethyl adjacent to an activating group) is 1. The van der Waals surface area contributed by atoms with Crippen molar-refractivity contribution in [3.05, 3.63) is 86.2 Å². The van der Waals surface area contributed by atoms with Crippen molar-refractivity contribution in [3.63, 3.8) is 0 Å². The number of aromatic nitrogens is 2. The molecule has 1 N–H and O–H groups in total. The van der Waals surface area contributed by atoms with Gasteiger partial charge in [-0.3, -0.25) is 14.2 Å². The first-order chi connectivity index (χ1) is 14.4. The molecule has 4 rings (SSSR count). The Morgan fingerprint density at radius 1 is 1.13 bits per heavy atom. The number of methoxy groups -OCH3 is 1. The zero-order chi connectivity index (χ0) is 21.4. The predicted octanol–water partition coefficient (Wildman–Crippen LogP) is 3.18. The molecular weight excluding hydrogens is 450 g/mol. The van der Waals surface area contributed by atoms with Crippen molar-refractivity contribution < 1.29 is 14.6 Å². The topological polar surface area (TPSA) is 84.7 Å². The zero-order valence-electron chi connectivity index (χ0n) is 16.4. The summed E-state index contributed by atoms with van der Waals surface area (Å²) in [6.07, 6.45) is 0. The maximum Gasteiger partial charge on any atom is 0.318 e. The van der Waals surface area contributed by atoms with Gasteiger partial charge in [0.1, 0.15) is 0 Å². The zero-order valence-corrected chi connectivity index (χ0v) is 18.0. The predicted molar refractivity (Wildman–Crippen MR) is 115 cm³/mol. The lowest BCUT2D eigenvalue weighted by molar-refractivity contribution is 0.0688. The van der Waals surface area contributed by atoms with Crippen LogP contribution in [-0.2, 0) is 0 Å². The average molecular weight is 470 g/mol. The van der Waals surface area contributed by atoms with Gasteiger partial charge in [-0.1, -0.05) is 64.5 Å². The molecule has 30 heavy (non-hydrogen) atoms. The molecule has 0 radical (unpaired) electrons. The average Bonchev–Trinajstić information content (AvgIpc) is 2.75. The standard InChI is InChI=1S/C22H20BrN3O4/c1-25-12-16(26-18(21(25)29)19(27)20(28)24-22(26)30-2)17(13-8-4-3-5-9-13)14-10-6-7-11-15(14)23/h3-11,16-17,27H,12H2,1-2H3. The number of carbonyl (C=O) groups excluding carboxylic acids is 1. The fourth-order valence-corrected chi connectivity index (χ4v) is 4.57. The van der Waals surface area contributed by atoms with E-state index in [2.05, 4.69) is 20.9 Å². The molecule has 2 atom stereocenters. The molecule has 0 saturated carbocycles. The van der Waals surface area contributed by atoms with Gasteiger partial charge in [0.15, 0.2) is 5.69 Å². The molecule has 0 fully saturated rings. The summed E-state index contributed by atoms with van der Waals surface area (Å²) in [6, 6.07) is 17.4. The Morgan fingerprint density at radius 2 is 1.80 bits per heavy atom. The SMILES string of the molecule is COc1nc(=O)c(O)c2n1C(C(c1ccccc1)c1ccccc1Br)CN(C)C2=O. The van der Waals surface area contributed by atoms with E-state index in [1.54, 1.807) is 11.6 Å². The smallest absolute Gasteiger partial charge is 0.318 e. The van der Waals surface area contributed by atoms with E-state index in [0.717, 1.165) is 15.6 Å². The van der Waals surface area contributed by atoms with Crippen molar-refractivity contribution in [1.82, 2.24) is 14.5 Å². The number of hydrogen-bond acceptors (Lipinski definition) is 5. The molecule has 0 spiro atoms. The fourth-order valence-electron chi connectivity index (χ4n) is 4.04. The first-order valence-corrected chi connectivity index (χ1v) is 10.2. The van der Waals surface area contributed by atoms with Gasteiger partial charge in [-0.25, -0.2) is 0 Å². The molecular formula is C22H20BrN3O4. The van der Waals surface area contributed by atoms with Crippen LogP contribution >= 0.6 is 15.9 Å². The Kier molecular flexibility index (Phi) is 5.34. The Morgan fingerprint density at radius 3 is 2.47 bits per heavy atom. The Bertz CT molecular complexity index is 1160. The fraction of sp³-hybridized carbons (Fsp3) is 0.227. The summed E-state index contributed by atoms with van der Waals surface area (Å²) >= 11 is 3.65. The van der Waals surface area contributed by atoms with Crippen LogP contribution in [0.1, 0.15) is 33.6 Å². The van der Waals surface area contributed by atoms with Gasteiger partial charge < -0.3 is 14.7 Å². The number of benzene rings is 2. The van der Waals surface area contributed by atoms with Crippen LogP contribution in [0, 0.1) is 0 Å². The molecule has 2 aromatic carbocycles. The minimum Gasteiger partial charge on any atom is -0.501 e. The number of fused-ring (bicyclic) bond motifs is 1. The van der Waals surface area contributed by atoms with Crippen LogP contribution in [0.25, 0.3) is 0 Å². The van der Waals surface area contributed by atoms with Gasteiger partial charge in [0.05, 0.1) is 13.2 Å². The lowest BCUT2D eigenvalue weighted by Gasteiger charge is -2.39. The van der Waals surface area contributed by atoms with Crippen LogP contribution in [0.5, 0.6) is 11.8 Å². The number of halogens is 1. The quantitative estimate of drug-likeness (QED) is 0.634. The molecule has 0 bridgehead atoms. The molecule has 1 aliphatic heterocycles. The largest absolute Gasteiger partial charge is 0.501 e. The summed E-state index contributed by atoms with van der Waals surface area (Å²) in [5.74, 6) is -1.34. The first-order valence-electron chi connectivity index (χ1n) is 9.38. The molecule has 2 heterocycles. The highest BCUT2D eigenvalue weighted by atomic mass is 79.9. The van der Waals surface area contributed by atoms with Gasteiger partial charge in [-0.05, 0) is 17.2 Å². The molecule has 1 amide bonds. The van der Waals surface area contributed by atoms with Gasteiger partial charge in [0.2, 0.25) is 5.75 Å². The lowest BCUT2D eigenvalue weighted by Crippen LogP contribution is -2.45. The minimum atomic E-state index is -0.891. The van der Waals surface area contributed by atoms with Crippen molar-refractivity contribution in [2.45, 2.75) is 12.0 Å². The van der Waals surface area contributed by atoms with E-state index in [4.69, 9.17) is 4.74 Å². The normalized spacial score (nSPS) is 16.8. The minimum absolute atomic E-state index is 0.00719. The third kappa shape index (κ3) is 3.27. The van der Waals surface area contributed by atoms with Crippen molar-refractivity contribution in [2.24, 2.45) is 0 Å². The van der Waals surface area contributed by atoms with Crippen molar-refractivity contribution in [1.29, 1.82) is 0 Å². The van der Waals surface area contributed by atoms with Gasteiger partial charge in [0.25, 0.3) is 5.91 Å². The molecule has 1 aliphatic rings. The van der Waals surface area contributed by atoms with Gasteiger partial charge >= 0.3 is 11.6 Å². The highest BCUT2D eigenvalue weighted by molar-refractivity contribution is 9.10. The van der Waals surface area contributed by atoms with E-state index in [0.29, 0.717) is 6.54 Å². The van der Waals surface area contributed by atoms with Crippen molar-refractivity contribution in [3.8, 4) is 11.8 Å². The van der Waals surface area contributed by atoms with Gasteiger partial charge in [-0.2, -0.15) is 4.98 Å². The van der Waals surface area contributed by atoms with E-state index < -0.39 is 17.2 Å². The second kappa shape index (κ2) is 7.95. The maximum absolute atomic E-state index is 12.9. The van der Waals surface area contributed by atoms with Crippen LogP contribution < -0.4 is 10.3 Å². The number of hydrogen-bond donors (Lipinski definition) is 1.